The van der Waals surface area contributed by atoms with Crippen molar-refractivity contribution in [1.82, 2.24) is 5.32 Å². The molecule has 0 aliphatic heterocycles. The lowest BCUT2D eigenvalue weighted by molar-refractivity contribution is 0.0956. The molecule has 0 atom stereocenters. The van der Waals surface area contributed by atoms with Crippen LogP contribution in [0.15, 0.2) is 18.2 Å². The van der Waals surface area contributed by atoms with E-state index in [-0.39, 0.29) is 17.8 Å². The minimum atomic E-state index is -3.64. The summed E-state index contributed by atoms with van der Waals surface area (Å²) in [4.78, 5) is 11.5. The van der Waals surface area contributed by atoms with E-state index in [1.165, 1.54) is 12.1 Å². The van der Waals surface area contributed by atoms with Crippen molar-refractivity contribution in [3.05, 3.63) is 29.6 Å². The van der Waals surface area contributed by atoms with Crippen molar-refractivity contribution in [3.63, 3.8) is 0 Å². The number of nitrogen functional groups attached to an aromatic ring is 1. The summed E-state index contributed by atoms with van der Waals surface area (Å²) < 4.78 is 34.3. The number of carbonyl (C=O) groups is 1. The van der Waals surface area contributed by atoms with E-state index in [4.69, 9.17) is 10.9 Å². The molecule has 1 aromatic carbocycles. The van der Waals surface area contributed by atoms with Crippen molar-refractivity contribution in [3.8, 4) is 0 Å². The molecule has 0 aromatic heterocycles. The van der Waals surface area contributed by atoms with Crippen LogP contribution >= 0.6 is 0 Å². The van der Waals surface area contributed by atoms with E-state index >= 15 is 0 Å². The molecule has 0 spiro atoms. The monoisotopic (exact) mass is 261 g/mol. The highest BCUT2D eigenvalue weighted by molar-refractivity contribution is 7.89. The van der Waals surface area contributed by atoms with Crippen molar-refractivity contribution >= 4 is 21.6 Å². The van der Waals surface area contributed by atoms with Crippen LogP contribution in [-0.4, -0.2) is 26.6 Å². The number of benzene rings is 1. The van der Waals surface area contributed by atoms with E-state index in [9.17, 15) is 17.6 Å². The molecule has 0 fully saturated rings. The van der Waals surface area contributed by atoms with E-state index in [0.29, 0.717) is 0 Å². The lowest BCUT2D eigenvalue weighted by Crippen LogP contribution is -2.31. The molecule has 0 unspecified atom stereocenters. The number of nitrogens with two attached hydrogens (primary N) is 2. The highest BCUT2D eigenvalue weighted by Crippen LogP contribution is 2.15. The first-order valence-corrected chi connectivity index (χ1v) is 6.35. The number of hydrogen-bond donors (Lipinski definition) is 3. The number of nitrogens with one attached hydrogen (secondary N) is 1. The number of rotatable bonds is 4. The molecular weight excluding hydrogens is 249 g/mol. The molecular formula is C9H12FN3O3S. The Morgan fingerprint density at radius 3 is 2.65 bits per heavy atom. The minimum absolute atomic E-state index is 0.0422. The number of para-hydroxylation sites is 1. The first kappa shape index (κ1) is 13.4. The van der Waals surface area contributed by atoms with E-state index in [0.717, 1.165) is 6.07 Å². The van der Waals surface area contributed by atoms with Gasteiger partial charge in [0.25, 0.3) is 5.91 Å². The average molecular weight is 261 g/mol. The molecule has 94 valence electrons. The summed E-state index contributed by atoms with van der Waals surface area (Å²) in [6.07, 6.45) is 0. The molecule has 0 heterocycles. The molecule has 6 nitrogen and oxygen atoms in total. The van der Waals surface area contributed by atoms with Gasteiger partial charge in [0.15, 0.2) is 0 Å². The van der Waals surface area contributed by atoms with Crippen LogP contribution in [0.2, 0.25) is 0 Å². The number of halogens is 1. The summed E-state index contributed by atoms with van der Waals surface area (Å²) in [5.74, 6) is -1.75. The number of sulfonamides is 1. The average Bonchev–Trinajstić information content (AvgIpc) is 2.20. The van der Waals surface area contributed by atoms with Gasteiger partial charge in [-0.15, -0.1) is 0 Å². The van der Waals surface area contributed by atoms with Crippen molar-refractivity contribution in [2.24, 2.45) is 5.14 Å². The molecule has 17 heavy (non-hydrogen) atoms. The van der Waals surface area contributed by atoms with Crippen molar-refractivity contribution < 1.29 is 17.6 Å². The van der Waals surface area contributed by atoms with Crippen molar-refractivity contribution in [2.75, 3.05) is 18.0 Å². The largest absolute Gasteiger partial charge is 0.396 e. The SMILES string of the molecule is Nc1c(F)cccc1C(=O)NCCS(N)(=O)=O. The zero-order valence-electron chi connectivity index (χ0n) is 8.81. The lowest BCUT2D eigenvalue weighted by atomic mass is 10.1. The summed E-state index contributed by atoms with van der Waals surface area (Å²) in [5, 5.41) is 7.03. The van der Waals surface area contributed by atoms with Gasteiger partial charge in [0.2, 0.25) is 10.0 Å². The predicted octanol–water partition coefficient (Wildman–Crippen LogP) is -0.574. The lowest BCUT2D eigenvalue weighted by Gasteiger charge is -2.07. The zero-order valence-corrected chi connectivity index (χ0v) is 9.63. The molecule has 0 aliphatic carbocycles. The first-order valence-electron chi connectivity index (χ1n) is 4.64. The summed E-state index contributed by atoms with van der Waals surface area (Å²) in [5.41, 5.74) is 5.04. The fourth-order valence-electron chi connectivity index (χ4n) is 1.14. The van der Waals surface area contributed by atoms with Gasteiger partial charge >= 0.3 is 0 Å². The van der Waals surface area contributed by atoms with Gasteiger partial charge in [0, 0.05) is 6.54 Å². The smallest absolute Gasteiger partial charge is 0.253 e. The standard InChI is InChI=1S/C9H12FN3O3S/c10-7-3-1-2-6(8(7)11)9(14)13-4-5-17(12,15)16/h1-3H,4-5,11H2,(H,13,14)(H2,12,15,16). The van der Waals surface area contributed by atoms with E-state index in [1.54, 1.807) is 0 Å². The van der Waals surface area contributed by atoms with Gasteiger partial charge in [-0.05, 0) is 12.1 Å². The number of hydrogen-bond acceptors (Lipinski definition) is 4. The van der Waals surface area contributed by atoms with Crippen LogP contribution in [0, 0.1) is 5.82 Å². The number of amides is 1. The highest BCUT2D eigenvalue weighted by atomic mass is 32.2. The van der Waals surface area contributed by atoms with Gasteiger partial charge in [0.1, 0.15) is 5.82 Å². The number of primary sulfonamides is 1. The molecule has 5 N–H and O–H groups in total. The molecule has 0 saturated carbocycles. The Morgan fingerprint density at radius 2 is 2.06 bits per heavy atom. The molecule has 0 aliphatic rings. The van der Waals surface area contributed by atoms with Gasteiger partial charge in [-0.2, -0.15) is 0 Å². The molecule has 1 rings (SSSR count). The number of anilines is 1. The second-order valence-corrected chi connectivity index (χ2v) is 5.06. The van der Waals surface area contributed by atoms with Gasteiger partial charge in [-0.3, -0.25) is 4.79 Å². The van der Waals surface area contributed by atoms with Gasteiger partial charge in [-0.1, -0.05) is 6.07 Å². The molecule has 0 radical (unpaired) electrons. The Bertz CT molecular complexity index is 530. The summed E-state index contributed by atoms with van der Waals surface area (Å²) in [7, 11) is -3.64. The van der Waals surface area contributed by atoms with E-state index in [2.05, 4.69) is 5.32 Å². The summed E-state index contributed by atoms with van der Waals surface area (Å²) in [6, 6.07) is 3.79. The normalized spacial score (nSPS) is 11.2. The van der Waals surface area contributed by atoms with Crippen molar-refractivity contribution in [1.29, 1.82) is 0 Å². The number of carbonyl (C=O) groups excluding carboxylic acids is 1. The molecule has 1 aromatic rings. The van der Waals surface area contributed by atoms with E-state index < -0.39 is 27.5 Å². The Hall–Kier alpha value is -1.67. The fourth-order valence-corrected chi connectivity index (χ4v) is 1.52. The van der Waals surface area contributed by atoms with Gasteiger partial charge in [-0.25, -0.2) is 17.9 Å². The van der Waals surface area contributed by atoms with Crippen LogP contribution in [0.3, 0.4) is 0 Å². The Morgan fingerprint density at radius 1 is 1.41 bits per heavy atom. The quantitative estimate of drug-likeness (QED) is 0.629. The Balaban J connectivity index is 2.68. The third-order valence-electron chi connectivity index (χ3n) is 1.97. The maximum Gasteiger partial charge on any atom is 0.253 e. The van der Waals surface area contributed by atoms with Crippen LogP contribution < -0.4 is 16.2 Å². The van der Waals surface area contributed by atoms with Crippen molar-refractivity contribution in [2.45, 2.75) is 0 Å². The molecule has 1 amide bonds. The molecule has 0 saturated heterocycles. The summed E-state index contributed by atoms with van der Waals surface area (Å²) in [6.45, 7) is -0.159. The van der Waals surface area contributed by atoms with Crippen LogP contribution in [-0.2, 0) is 10.0 Å². The minimum Gasteiger partial charge on any atom is -0.396 e. The maximum atomic E-state index is 13.0. The molecule has 8 heteroatoms. The predicted molar refractivity (Wildman–Crippen MR) is 61.1 cm³/mol. The highest BCUT2D eigenvalue weighted by Gasteiger charge is 2.12. The zero-order chi connectivity index (χ0) is 13.1. The third kappa shape index (κ3) is 4.00. The van der Waals surface area contributed by atoms with Gasteiger partial charge in [0.05, 0.1) is 17.0 Å². The molecule has 0 bridgehead atoms. The van der Waals surface area contributed by atoms with Gasteiger partial charge < -0.3 is 11.1 Å². The van der Waals surface area contributed by atoms with Crippen LogP contribution in [0.25, 0.3) is 0 Å². The fraction of sp³-hybridized carbons (Fsp3) is 0.222. The van der Waals surface area contributed by atoms with E-state index in [1.807, 2.05) is 0 Å². The third-order valence-corrected chi connectivity index (χ3v) is 2.74. The topological polar surface area (TPSA) is 115 Å². The van der Waals surface area contributed by atoms with Crippen LogP contribution in [0.1, 0.15) is 10.4 Å². The maximum absolute atomic E-state index is 13.0. The second-order valence-electron chi connectivity index (χ2n) is 3.32. The van der Waals surface area contributed by atoms with Crippen LogP contribution in [0.5, 0.6) is 0 Å². The first-order chi connectivity index (χ1) is 7.81. The Labute approximate surface area is 97.8 Å². The Kier molecular flexibility index (Phi) is 4.02. The second kappa shape index (κ2) is 5.11. The summed E-state index contributed by atoms with van der Waals surface area (Å²) >= 11 is 0. The van der Waals surface area contributed by atoms with Crippen LogP contribution in [0.4, 0.5) is 10.1 Å².